The van der Waals surface area contributed by atoms with Crippen LogP contribution in [0.15, 0.2) is 101 Å². The van der Waals surface area contributed by atoms with Gasteiger partial charge in [-0.2, -0.15) is 10.2 Å². The zero-order valence-electron chi connectivity index (χ0n) is 20.9. The Morgan fingerprint density at radius 2 is 1.59 bits per heavy atom. The van der Waals surface area contributed by atoms with Gasteiger partial charge >= 0.3 is 0 Å². The number of hydrogen-bond donors (Lipinski definition) is 0. The first-order chi connectivity index (χ1) is 17.8. The summed E-state index contributed by atoms with van der Waals surface area (Å²) in [6, 6.07) is 28.9. The van der Waals surface area contributed by atoms with Gasteiger partial charge in [0.2, 0.25) is 5.72 Å². The van der Waals surface area contributed by atoms with Gasteiger partial charge in [0.05, 0.1) is 28.3 Å². The average molecular weight is 491 g/mol. The lowest BCUT2D eigenvalue weighted by Crippen LogP contribution is -2.58. The molecule has 1 unspecified atom stereocenters. The van der Waals surface area contributed by atoms with Crippen molar-refractivity contribution in [3.05, 3.63) is 123 Å². The first-order valence-electron chi connectivity index (χ1n) is 12.2. The number of benzene rings is 4. The molecule has 6 rings (SSSR count). The minimum Gasteiger partial charge on any atom is -0.462 e. The van der Waals surface area contributed by atoms with E-state index in [0.29, 0.717) is 17.9 Å². The molecule has 7 nitrogen and oxygen atoms in total. The maximum absolute atomic E-state index is 10.9. The molecule has 0 amide bonds. The van der Waals surface area contributed by atoms with Gasteiger partial charge in [-0.25, -0.2) is 0 Å². The number of azo groups is 1. The van der Waals surface area contributed by atoms with Crippen LogP contribution in [-0.4, -0.2) is 4.92 Å². The van der Waals surface area contributed by atoms with Gasteiger partial charge in [0.1, 0.15) is 5.75 Å². The Labute approximate surface area is 215 Å². The molecule has 1 atom stereocenters. The normalized spacial score (nSPS) is 19.2. The molecule has 4 aromatic carbocycles. The van der Waals surface area contributed by atoms with E-state index in [-0.39, 0.29) is 11.1 Å². The number of aryl methyl sites for hydroxylation is 1. The van der Waals surface area contributed by atoms with Crippen LogP contribution >= 0.6 is 0 Å². The summed E-state index contributed by atoms with van der Waals surface area (Å²) < 4.78 is 7.01. The molecule has 37 heavy (non-hydrogen) atoms. The number of nitro groups is 1. The van der Waals surface area contributed by atoms with E-state index in [1.807, 2.05) is 24.3 Å². The van der Waals surface area contributed by atoms with E-state index in [1.54, 1.807) is 12.1 Å². The summed E-state index contributed by atoms with van der Waals surface area (Å²) in [5.41, 5.74) is 6.05. The van der Waals surface area contributed by atoms with Crippen LogP contribution in [0.5, 0.6) is 5.75 Å². The van der Waals surface area contributed by atoms with Crippen LogP contribution in [0.1, 0.15) is 36.1 Å². The van der Waals surface area contributed by atoms with E-state index in [4.69, 9.17) is 4.74 Å². The molecule has 0 saturated heterocycles. The highest BCUT2D eigenvalue weighted by molar-refractivity contribution is 5.70. The molecule has 7 heteroatoms. The number of fused-ring (bicyclic) bond motifs is 4. The fourth-order valence-corrected chi connectivity index (χ4v) is 5.63. The van der Waals surface area contributed by atoms with Crippen LogP contribution in [0, 0.1) is 17.0 Å². The van der Waals surface area contributed by atoms with Gasteiger partial charge in [-0.15, -0.1) is 0 Å². The Morgan fingerprint density at radius 3 is 2.32 bits per heavy atom. The third kappa shape index (κ3) is 3.49. The second-order valence-electron chi connectivity index (χ2n) is 10.1. The van der Waals surface area contributed by atoms with Crippen molar-refractivity contribution in [2.75, 3.05) is 4.90 Å². The summed E-state index contributed by atoms with van der Waals surface area (Å²) in [5.74, 6) is 0.826. The molecule has 2 heterocycles. The number of rotatable bonds is 4. The maximum atomic E-state index is 10.9. The van der Waals surface area contributed by atoms with Crippen molar-refractivity contribution in [2.45, 2.75) is 38.5 Å². The van der Waals surface area contributed by atoms with Crippen LogP contribution in [0.4, 0.5) is 22.7 Å². The standard InChI is InChI=1S/C30H26N4O3/c1-20-9-15-27-26(17-20)29(2,3)30(22-7-5-4-6-8-22)33(27)19-21-18-24(12-16-28(21)37-30)32-31-23-10-13-25(14-11-23)34(35)36/h4-18H,19H2,1-3H3/b32-31+. The fourth-order valence-electron chi connectivity index (χ4n) is 5.63. The van der Waals surface area contributed by atoms with Crippen LogP contribution < -0.4 is 9.64 Å². The summed E-state index contributed by atoms with van der Waals surface area (Å²) >= 11 is 0. The predicted octanol–water partition coefficient (Wildman–Crippen LogP) is 7.86. The number of non-ortho nitro benzene ring substituents is 1. The molecule has 184 valence electrons. The van der Waals surface area contributed by atoms with Gasteiger partial charge in [0, 0.05) is 28.9 Å². The van der Waals surface area contributed by atoms with E-state index in [9.17, 15) is 10.1 Å². The maximum Gasteiger partial charge on any atom is 0.269 e. The van der Waals surface area contributed by atoms with Crippen molar-refractivity contribution >= 4 is 22.7 Å². The summed E-state index contributed by atoms with van der Waals surface area (Å²) in [5, 5.41) is 19.5. The smallest absolute Gasteiger partial charge is 0.269 e. The highest BCUT2D eigenvalue weighted by atomic mass is 16.6. The minimum absolute atomic E-state index is 0.0239. The Bertz CT molecular complexity index is 1550. The van der Waals surface area contributed by atoms with E-state index in [0.717, 1.165) is 16.9 Å². The molecular weight excluding hydrogens is 464 g/mol. The molecule has 0 saturated carbocycles. The Hall–Kier alpha value is -4.52. The summed E-state index contributed by atoms with van der Waals surface area (Å²) in [4.78, 5) is 12.8. The highest BCUT2D eigenvalue weighted by Crippen LogP contribution is 2.60. The van der Waals surface area contributed by atoms with Gasteiger partial charge < -0.3 is 9.64 Å². The number of anilines is 1. The topological polar surface area (TPSA) is 80.3 Å². The van der Waals surface area contributed by atoms with Gasteiger partial charge in [-0.3, -0.25) is 10.1 Å². The fraction of sp³-hybridized carbons (Fsp3) is 0.200. The Kier molecular flexibility index (Phi) is 5.12. The van der Waals surface area contributed by atoms with Crippen molar-refractivity contribution in [2.24, 2.45) is 10.2 Å². The highest BCUT2D eigenvalue weighted by Gasteiger charge is 2.62. The summed E-state index contributed by atoms with van der Waals surface area (Å²) in [6.45, 7) is 7.30. The third-order valence-corrected chi connectivity index (χ3v) is 7.48. The van der Waals surface area contributed by atoms with E-state index in [1.165, 1.54) is 28.9 Å². The van der Waals surface area contributed by atoms with Gasteiger partial charge in [-0.1, -0.05) is 48.0 Å². The summed E-state index contributed by atoms with van der Waals surface area (Å²) in [6.07, 6.45) is 0. The van der Waals surface area contributed by atoms with Crippen molar-refractivity contribution in [3.8, 4) is 5.75 Å². The Morgan fingerprint density at radius 1 is 0.892 bits per heavy atom. The van der Waals surface area contributed by atoms with E-state index < -0.39 is 10.6 Å². The zero-order valence-corrected chi connectivity index (χ0v) is 20.9. The summed E-state index contributed by atoms with van der Waals surface area (Å²) in [7, 11) is 0. The quantitative estimate of drug-likeness (QED) is 0.166. The van der Waals surface area contributed by atoms with Gasteiger partial charge in [-0.05, 0) is 62.7 Å². The number of ether oxygens (including phenoxy) is 1. The van der Waals surface area contributed by atoms with E-state index in [2.05, 4.69) is 78.4 Å². The van der Waals surface area contributed by atoms with Crippen molar-refractivity contribution < 1.29 is 9.66 Å². The molecule has 4 aromatic rings. The zero-order chi connectivity index (χ0) is 25.8. The molecule has 0 spiro atoms. The lowest BCUT2D eigenvalue weighted by atomic mass is 9.73. The Balaban J connectivity index is 1.41. The van der Waals surface area contributed by atoms with Crippen molar-refractivity contribution in [3.63, 3.8) is 0 Å². The van der Waals surface area contributed by atoms with Crippen LogP contribution in [0.25, 0.3) is 0 Å². The lowest BCUT2D eigenvalue weighted by Gasteiger charge is -2.50. The van der Waals surface area contributed by atoms with Gasteiger partial charge in [0.25, 0.3) is 5.69 Å². The molecule has 0 fully saturated rings. The second-order valence-corrected chi connectivity index (χ2v) is 10.1. The molecule has 2 aliphatic rings. The lowest BCUT2D eigenvalue weighted by molar-refractivity contribution is -0.384. The second kappa shape index (κ2) is 8.27. The van der Waals surface area contributed by atoms with Crippen molar-refractivity contribution in [1.82, 2.24) is 0 Å². The average Bonchev–Trinajstić information content (AvgIpc) is 3.10. The molecular formula is C30H26N4O3. The van der Waals surface area contributed by atoms with Crippen molar-refractivity contribution in [1.29, 1.82) is 0 Å². The minimum atomic E-state index is -0.695. The SMILES string of the molecule is Cc1ccc2c(c1)C(C)(C)C1(c3ccccc3)Oc3ccc(/N=N/c4ccc([N+](=O)[O-])cc4)cc3CN21. The van der Waals surface area contributed by atoms with Crippen LogP contribution in [-0.2, 0) is 17.7 Å². The molecule has 0 aliphatic carbocycles. The molecule has 0 aromatic heterocycles. The third-order valence-electron chi connectivity index (χ3n) is 7.48. The van der Waals surface area contributed by atoms with E-state index >= 15 is 0 Å². The predicted molar refractivity (Wildman–Crippen MR) is 143 cm³/mol. The van der Waals surface area contributed by atoms with Gasteiger partial charge in [0.15, 0.2) is 0 Å². The molecule has 2 aliphatic heterocycles. The number of nitro benzene ring substituents is 1. The van der Waals surface area contributed by atoms with Crippen LogP contribution in [0.3, 0.4) is 0 Å². The molecule has 0 radical (unpaired) electrons. The monoisotopic (exact) mass is 490 g/mol. The molecule has 0 N–H and O–H groups in total. The number of hydrogen-bond acceptors (Lipinski definition) is 6. The first-order valence-corrected chi connectivity index (χ1v) is 12.2. The largest absolute Gasteiger partial charge is 0.462 e. The first kappa shape index (κ1) is 22.9. The molecule has 0 bridgehead atoms. The number of nitrogens with zero attached hydrogens (tertiary/aromatic N) is 4. The van der Waals surface area contributed by atoms with Crippen LogP contribution in [0.2, 0.25) is 0 Å².